The Bertz CT molecular complexity index is 3080. The van der Waals surface area contributed by atoms with Crippen molar-refractivity contribution in [2.24, 2.45) is 0 Å². The van der Waals surface area contributed by atoms with Crippen LogP contribution in [0.1, 0.15) is 108 Å². The summed E-state index contributed by atoms with van der Waals surface area (Å²) in [6.45, 7) is 14.8. The predicted octanol–water partition coefficient (Wildman–Crippen LogP) is 18.6. The van der Waals surface area contributed by atoms with Crippen molar-refractivity contribution in [3.8, 4) is 33.4 Å². The Morgan fingerprint density at radius 1 is 0.243 bits per heavy atom. The Hall–Kier alpha value is -8.00. The highest BCUT2D eigenvalue weighted by Gasteiger charge is 2.52. The summed E-state index contributed by atoms with van der Waals surface area (Å²) in [4.78, 5) is 2.70. The van der Waals surface area contributed by atoms with E-state index >= 15 is 0 Å². The molecule has 9 aromatic carbocycles. The Labute approximate surface area is 414 Å². The van der Waals surface area contributed by atoms with Crippen LogP contribution in [0.4, 0.5) is 17.1 Å². The van der Waals surface area contributed by atoms with Crippen LogP contribution in [0, 0.1) is 0 Å². The Kier molecular flexibility index (Phi) is 10.3. The van der Waals surface area contributed by atoms with Crippen LogP contribution in [-0.4, -0.2) is 0 Å². The second-order valence-electron chi connectivity index (χ2n) is 21.1. The Balaban J connectivity index is 1.02. The molecular weight excluding hydrogens is 843 g/mol. The highest BCUT2D eigenvalue weighted by molar-refractivity contribution is 6.01. The molecule has 0 radical (unpaired) electrons. The molecule has 338 valence electrons. The third kappa shape index (κ3) is 7.31. The van der Waals surface area contributed by atoms with Crippen molar-refractivity contribution in [3.63, 3.8) is 0 Å². The fourth-order valence-corrected chi connectivity index (χ4v) is 11.4. The van der Waals surface area contributed by atoms with Crippen molar-refractivity contribution in [2.45, 2.75) is 57.8 Å². The lowest BCUT2D eigenvalue weighted by molar-refractivity contribution is 0.567. The van der Waals surface area contributed by atoms with E-state index in [0.29, 0.717) is 0 Å². The van der Waals surface area contributed by atoms with Crippen molar-refractivity contribution in [1.82, 2.24) is 0 Å². The molecule has 0 bridgehead atoms. The van der Waals surface area contributed by atoms with Crippen LogP contribution in [0.25, 0.3) is 69.8 Å². The lowest BCUT2D eigenvalue weighted by Gasteiger charge is -2.55. The van der Waals surface area contributed by atoms with Crippen LogP contribution in [0.3, 0.4) is 0 Å². The quantitative estimate of drug-likeness (QED) is 0.131. The predicted molar refractivity (Wildman–Crippen MR) is 300 cm³/mol. The maximum Gasteiger partial charge on any atom is 0.0544 e. The smallest absolute Gasteiger partial charge is 0.0544 e. The van der Waals surface area contributed by atoms with Crippen molar-refractivity contribution in [1.29, 1.82) is 0 Å². The molecule has 0 amide bonds. The molecule has 1 nitrogen and oxygen atoms in total. The van der Waals surface area contributed by atoms with E-state index in [0.717, 1.165) is 0 Å². The minimum Gasteiger partial charge on any atom is -0.309 e. The number of hydrogen-bond donors (Lipinski definition) is 0. The molecule has 0 aliphatic carbocycles. The SMILES string of the molecule is CC1(C)c2cc(-c3ccc(C=Cc4ccccc4)cc3)cc3c2N2c4c1cc(-c1ccc(C=Cc5ccccc5)cc1)cc4C(C)(C)c1cc(-c4ccc(C=Cc5ccccc5)cc4)cc(c12)C3(C)C. The average Bonchev–Trinajstić information content (AvgIpc) is 3.39. The van der Waals surface area contributed by atoms with Gasteiger partial charge in [0.05, 0.1) is 17.1 Å². The number of nitrogens with zero attached hydrogens (tertiary/aromatic N) is 1. The van der Waals surface area contributed by atoms with Crippen LogP contribution in [-0.2, 0) is 16.2 Å². The van der Waals surface area contributed by atoms with E-state index in [1.807, 2.05) is 0 Å². The van der Waals surface area contributed by atoms with Crippen LogP contribution in [0.2, 0.25) is 0 Å². The van der Waals surface area contributed by atoms with Gasteiger partial charge in [-0.25, -0.2) is 0 Å². The van der Waals surface area contributed by atoms with E-state index in [-0.39, 0.29) is 16.2 Å². The first-order chi connectivity index (χ1) is 33.9. The van der Waals surface area contributed by atoms with E-state index in [9.17, 15) is 0 Å². The maximum absolute atomic E-state index is 2.70. The second-order valence-corrected chi connectivity index (χ2v) is 21.1. The van der Waals surface area contributed by atoms with Gasteiger partial charge in [-0.3, -0.25) is 0 Å². The zero-order valence-corrected chi connectivity index (χ0v) is 41.0. The monoisotopic (exact) mass is 899 g/mol. The van der Waals surface area contributed by atoms with E-state index in [1.54, 1.807) is 0 Å². The molecular formula is C69H57N. The van der Waals surface area contributed by atoms with Crippen molar-refractivity contribution >= 4 is 53.5 Å². The Morgan fingerprint density at radius 3 is 0.657 bits per heavy atom. The zero-order valence-electron chi connectivity index (χ0n) is 41.0. The summed E-state index contributed by atoms with van der Waals surface area (Å²) in [5.41, 5.74) is 26.0. The highest BCUT2D eigenvalue weighted by Crippen LogP contribution is 2.67. The Morgan fingerprint density at radius 2 is 0.443 bits per heavy atom. The molecule has 0 N–H and O–H groups in total. The first kappa shape index (κ1) is 43.3. The lowest BCUT2D eigenvalue weighted by atomic mass is 9.60. The third-order valence-electron chi connectivity index (χ3n) is 15.6. The molecule has 1 heteroatoms. The van der Waals surface area contributed by atoms with E-state index in [1.165, 1.54) is 117 Å². The van der Waals surface area contributed by atoms with Crippen molar-refractivity contribution < 1.29 is 0 Å². The molecule has 0 fully saturated rings. The van der Waals surface area contributed by atoms with Gasteiger partial charge in [0, 0.05) is 16.2 Å². The van der Waals surface area contributed by atoms with Gasteiger partial charge in [-0.15, -0.1) is 0 Å². The fraction of sp³-hybridized carbons (Fsp3) is 0.130. The van der Waals surface area contributed by atoms with Gasteiger partial charge in [0.1, 0.15) is 0 Å². The van der Waals surface area contributed by atoms with Crippen LogP contribution in [0.15, 0.2) is 200 Å². The second kappa shape index (κ2) is 16.6. The summed E-state index contributed by atoms with van der Waals surface area (Å²) in [5.74, 6) is 0. The summed E-state index contributed by atoms with van der Waals surface area (Å²) < 4.78 is 0. The van der Waals surface area contributed by atoms with Gasteiger partial charge in [0.25, 0.3) is 0 Å². The summed E-state index contributed by atoms with van der Waals surface area (Å²) in [5, 5.41) is 0. The van der Waals surface area contributed by atoms with E-state index in [4.69, 9.17) is 0 Å². The standard InChI is InChI=1S/C69H57N/c1-67(2)58-40-55(52-34-28-49(29-35-52)25-22-46-16-10-7-11-17-46)42-60-64(58)70-65-59(67)41-56(53-36-30-50(31-37-53)26-23-47-18-12-8-13-19-47)43-61(65)69(5,6)63-45-57(44-62(66(63)70)68(60,3)4)54-38-32-51(33-39-54)27-24-48-20-14-9-15-21-48/h7-45H,1-6H3. The number of rotatable bonds is 9. The summed E-state index contributed by atoms with van der Waals surface area (Å²) in [6.07, 6.45) is 13.2. The average molecular weight is 900 g/mol. The van der Waals surface area contributed by atoms with Gasteiger partial charge in [-0.1, -0.05) is 242 Å². The minimum atomic E-state index is -0.300. The number of benzene rings is 9. The largest absolute Gasteiger partial charge is 0.309 e. The van der Waals surface area contributed by atoms with Gasteiger partial charge in [0.15, 0.2) is 0 Å². The summed E-state index contributed by atoms with van der Waals surface area (Å²) in [6, 6.07) is 74.1. The zero-order chi connectivity index (χ0) is 47.8. The van der Waals surface area contributed by atoms with Gasteiger partial charge in [0.2, 0.25) is 0 Å². The first-order valence-corrected chi connectivity index (χ1v) is 24.8. The van der Waals surface area contributed by atoms with E-state index < -0.39 is 0 Å². The van der Waals surface area contributed by atoms with Gasteiger partial charge >= 0.3 is 0 Å². The molecule has 0 saturated heterocycles. The third-order valence-corrected chi connectivity index (χ3v) is 15.6. The highest BCUT2D eigenvalue weighted by atomic mass is 15.2. The molecule has 0 saturated carbocycles. The molecule has 0 spiro atoms. The maximum atomic E-state index is 2.70. The number of hydrogen-bond acceptors (Lipinski definition) is 1. The minimum absolute atomic E-state index is 0.300. The topological polar surface area (TPSA) is 3.24 Å². The number of anilines is 3. The molecule has 0 atom stereocenters. The van der Waals surface area contributed by atoms with Gasteiger partial charge in [-0.2, -0.15) is 0 Å². The molecule has 0 aromatic heterocycles. The van der Waals surface area contributed by atoms with Crippen LogP contribution < -0.4 is 4.90 Å². The molecule has 3 heterocycles. The summed E-state index contributed by atoms with van der Waals surface area (Å²) in [7, 11) is 0. The van der Waals surface area contributed by atoms with E-state index in [2.05, 4.69) is 283 Å². The lowest BCUT2D eigenvalue weighted by Crippen LogP contribution is -2.43. The van der Waals surface area contributed by atoms with Gasteiger partial charge < -0.3 is 4.90 Å². The van der Waals surface area contributed by atoms with Gasteiger partial charge in [-0.05, 0) is 137 Å². The van der Waals surface area contributed by atoms with Crippen molar-refractivity contribution in [3.05, 3.63) is 267 Å². The fourth-order valence-electron chi connectivity index (χ4n) is 11.4. The first-order valence-electron chi connectivity index (χ1n) is 24.8. The molecule has 3 aliphatic rings. The molecule has 70 heavy (non-hydrogen) atoms. The molecule has 12 rings (SSSR count). The summed E-state index contributed by atoms with van der Waals surface area (Å²) >= 11 is 0. The molecule has 9 aromatic rings. The molecule has 0 unspecified atom stereocenters. The van der Waals surface area contributed by atoms with Crippen LogP contribution >= 0.6 is 0 Å². The molecule has 3 aliphatic heterocycles. The van der Waals surface area contributed by atoms with Crippen molar-refractivity contribution in [2.75, 3.05) is 4.90 Å². The normalized spacial score (nSPS) is 15.4. The van der Waals surface area contributed by atoms with Crippen LogP contribution in [0.5, 0.6) is 0 Å².